The van der Waals surface area contributed by atoms with Crippen LogP contribution in [0.2, 0.25) is 0 Å². The van der Waals surface area contributed by atoms with E-state index in [-0.39, 0.29) is 12.5 Å². The molecule has 0 radical (unpaired) electrons. The summed E-state index contributed by atoms with van der Waals surface area (Å²) in [6.07, 6.45) is -2.07. The SMILES string of the molecule is CC1(C)OC2OC(C(O)Cn3ccnc3[N+](=O)[O-])C(O)C2O1. The van der Waals surface area contributed by atoms with Gasteiger partial charge in [-0.2, -0.15) is 0 Å². The second-order valence-corrected chi connectivity index (χ2v) is 5.76. The van der Waals surface area contributed by atoms with Crippen LogP contribution in [0.3, 0.4) is 0 Å². The van der Waals surface area contributed by atoms with Crippen LogP contribution in [-0.2, 0) is 20.8 Å². The van der Waals surface area contributed by atoms with Crippen molar-refractivity contribution in [3.05, 3.63) is 22.5 Å². The number of hydrogen-bond acceptors (Lipinski definition) is 8. The number of fused-ring (bicyclic) bond motifs is 1. The van der Waals surface area contributed by atoms with Crippen molar-refractivity contribution in [3.8, 4) is 0 Å². The highest BCUT2D eigenvalue weighted by Gasteiger charge is 2.56. The highest BCUT2D eigenvalue weighted by Crippen LogP contribution is 2.38. The van der Waals surface area contributed by atoms with Crippen LogP contribution in [0.1, 0.15) is 13.8 Å². The molecule has 2 aliphatic rings. The number of imidazole rings is 1. The summed E-state index contributed by atoms with van der Waals surface area (Å²) in [5, 5.41) is 31.2. The highest BCUT2D eigenvalue weighted by molar-refractivity contribution is 5.07. The van der Waals surface area contributed by atoms with E-state index >= 15 is 0 Å². The molecule has 1 aromatic rings. The first kappa shape index (κ1) is 15.3. The molecule has 0 bridgehead atoms. The predicted octanol–water partition coefficient (Wildman–Crippen LogP) is -0.611. The Morgan fingerprint density at radius 1 is 1.55 bits per heavy atom. The number of rotatable bonds is 4. The van der Waals surface area contributed by atoms with E-state index < -0.39 is 41.4 Å². The normalized spacial score (nSPS) is 34.5. The Kier molecular flexibility index (Phi) is 3.65. The Balaban J connectivity index is 1.68. The summed E-state index contributed by atoms with van der Waals surface area (Å²) in [5.41, 5.74) is 0. The molecule has 1 aromatic heterocycles. The monoisotopic (exact) mass is 315 g/mol. The van der Waals surface area contributed by atoms with E-state index in [1.54, 1.807) is 13.8 Å². The standard InChI is InChI=1S/C12H17N3O7/c1-12(2)21-9-7(17)8(20-10(9)22-12)6(16)5-14-4-3-13-11(14)15(18)19/h3-4,6-10,16-17H,5H2,1-2H3. The summed E-state index contributed by atoms with van der Waals surface area (Å²) < 4.78 is 17.7. The lowest BCUT2D eigenvalue weighted by molar-refractivity contribution is -0.397. The third kappa shape index (κ3) is 2.59. The van der Waals surface area contributed by atoms with Crippen LogP contribution < -0.4 is 0 Å². The van der Waals surface area contributed by atoms with Gasteiger partial charge in [0.25, 0.3) is 0 Å². The zero-order chi connectivity index (χ0) is 16.1. The van der Waals surface area contributed by atoms with Gasteiger partial charge in [0.2, 0.25) is 0 Å². The summed E-state index contributed by atoms with van der Waals surface area (Å²) in [4.78, 5) is 13.7. The van der Waals surface area contributed by atoms with Crippen molar-refractivity contribution in [2.24, 2.45) is 0 Å². The van der Waals surface area contributed by atoms with Crippen molar-refractivity contribution in [2.45, 2.75) is 56.9 Å². The van der Waals surface area contributed by atoms with Crippen molar-refractivity contribution in [1.29, 1.82) is 0 Å². The van der Waals surface area contributed by atoms with Crippen molar-refractivity contribution in [1.82, 2.24) is 9.55 Å². The van der Waals surface area contributed by atoms with Gasteiger partial charge >= 0.3 is 5.95 Å². The zero-order valence-corrected chi connectivity index (χ0v) is 12.0. The average molecular weight is 315 g/mol. The van der Waals surface area contributed by atoms with E-state index in [2.05, 4.69) is 4.98 Å². The molecular weight excluding hydrogens is 298 g/mol. The van der Waals surface area contributed by atoms with E-state index in [9.17, 15) is 20.3 Å². The van der Waals surface area contributed by atoms with Gasteiger partial charge in [-0.15, -0.1) is 0 Å². The van der Waals surface area contributed by atoms with Crippen LogP contribution in [0, 0.1) is 10.1 Å². The van der Waals surface area contributed by atoms with Crippen LogP contribution in [0.25, 0.3) is 0 Å². The minimum absolute atomic E-state index is 0.138. The summed E-state index contributed by atoms with van der Waals surface area (Å²) in [6, 6.07) is 0. The molecule has 22 heavy (non-hydrogen) atoms. The molecule has 3 rings (SSSR count). The molecule has 0 amide bonds. The zero-order valence-electron chi connectivity index (χ0n) is 12.0. The van der Waals surface area contributed by atoms with Gasteiger partial charge in [-0.25, -0.2) is 4.57 Å². The Morgan fingerprint density at radius 2 is 2.27 bits per heavy atom. The molecular formula is C12H17N3O7. The largest absolute Gasteiger partial charge is 0.434 e. The van der Waals surface area contributed by atoms with E-state index in [0.29, 0.717) is 0 Å². The molecule has 10 nitrogen and oxygen atoms in total. The molecule has 2 aliphatic heterocycles. The van der Waals surface area contributed by atoms with Gasteiger partial charge in [-0.1, -0.05) is 4.98 Å². The summed E-state index contributed by atoms with van der Waals surface area (Å²) in [5.74, 6) is -1.25. The quantitative estimate of drug-likeness (QED) is 0.556. The average Bonchev–Trinajstić information content (AvgIpc) is 3.05. The molecule has 0 aromatic carbocycles. The van der Waals surface area contributed by atoms with E-state index in [1.807, 2.05) is 0 Å². The molecule has 122 valence electrons. The second kappa shape index (κ2) is 5.25. The fourth-order valence-corrected chi connectivity index (χ4v) is 2.76. The molecule has 2 saturated heterocycles. The third-order valence-electron chi connectivity index (χ3n) is 3.67. The Bertz CT molecular complexity index is 575. The van der Waals surface area contributed by atoms with Crippen LogP contribution in [0.15, 0.2) is 12.4 Å². The number of ether oxygens (including phenoxy) is 3. The minimum Gasteiger partial charge on any atom is -0.390 e. The first-order valence-corrected chi connectivity index (χ1v) is 6.81. The van der Waals surface area contributed by atoms with Crippen molar-refractivity contribution in [2.75, 3.05) is 0 Å². The van der Waals surface area contributed by atoms with Crippen LogP contribution >= 0.6 is 0 Å². The van der Waals surface area contributed by atoms with Gasteiger partial charge in [0.05, 0.1) is 0 Å². The second-order valence-electron chi connectivity index (χ2n) is 5.76. The maximum absolute atomic E-state index is 10.8. The summed E-state index contributed by atoms with van der Waals surface area (Å²) >= 11 is 0. The molecule has 2 N–H and O–H groups in total. The first-order chi connectivity index (χ1) is 10.3. The maximum atomic E-state index is 10.8. The van der Waals surface area contributed by atoms with Crippen molar-refractivity contribution >= 4 is 5.95 Å². The lowest BCUT2D eigenvalue weighted by atomic mass is 10.1. The minimum atomic E-state index is -1.18. The summed E-state index contributed by atoms with van der Waals surface area (Å²) in [6.45, 7) is 3.25. The van der Waals surface area contributed by atoms with Gasteiger partial charge in [0.1, 0.15) is 43.4 Å². The predicted molar refractivity (Wildman–Crippen MR) is 69.6 cm³/mol. The van der Waals surface area contributed by atoms with Gasteiger partial charge in [-0.05, 0) is 18.8 Å². The number of hydrogen-bond donors (Lipinski definition) is 2. The molecule has 0 saturated carbocycles. The smallest absolute Gasteiger partial charge is 0.390 e. The van der Waals surface area contributed by atoms with Crippen LogP contribution in [-0.4, -0.2) is 61.2 Å². The van der Waals surface area contributed by atoms with E-state index in [0.717, 1.165) is 0 Å². The fraction of sp³-hybridized carbons (Fsp3) is 0.750. The Labute approximate surface area is 125 Å². The van der Waals surface area contributed by atoms with E-state index in [1.165, 1.54) is 17.0 Å². The molecule has 5 unspecified atom stereocenters. The van der Waals surface area contributed by atoms with Gasteiger partial charge in [-0.3, -0.25) is 0 Å². The van der Waals surface area contributed by atoms with Gasteiger partial charge < -0.3 is 34.5 Å². The molecule has 2 fully saturated rings. The van der Waals surface area contributed by atoms with E-state index in [4.69, 9.17) is 14.2 Å². The fourth-order valence-electron chi connectivity index (χ4n) is 2.76. The van der Waals surface area contributed by atoms with Crippen LogP contribution in [0.5, 0.6) is 0 Å². The molecule has 5 atom stereocenters. The maximum Gasteiger partial charge on any atom is 0.434 e. The van der Waals surface area contributed by atoms with Crippen LogP contribution in [0.4, 0.5) is 5.95 Å². The number of aromatic nitrogens is 2. The third-order valence-corrected chi connectivity index (χ3v) is 3.67. The Hall–Kier alpha value is -1.59. The lowest BCUT2D eigenvalue weighted by Crippen LogP contribution is -2.42. The van der Waals surface area contributed by atoms with Crippen molar-refractivity contribution in [3.63, 3.8) is 0 Å². The topological polar surface area (TPSA) is 129 Å². The number of aliphatic hydroxyl groups excluding tert-OH is 2. The number of nitrogens with zero attached hydrogens (tertiary/aromatic N) is 3. The molecule has 0 spiro atoms. The van der Waals surface area contributed by atoms with Crippen molar-refractivity contribution < 1.29 is 29.3 Å². The molecule has 10 heteroatoms. The Morgan fingerprint density at radius 3 is 2.91 bits per heavy atom. The summed E-state index contributed by atoms with van der Waals surface area (Å²) in [7, 11) is 0. The van der Waals surface area contributed by atoms with Gasteiger partial charge in [0.15, 0.2) is 12.1 Å². The van der Waals surface area contributed by atoms with Gasteiger partial charge in [0, 0.05) is 0 Å². The highest BCUT2D eigenvalue weighted by atomic mass is 16.8. The first-order valence-electron chi connectivity index (χ1n) is 6.81. The number of nitro groups is 1. The lowest BCUT2D eigenvalue weighted by Gasteiger charge is -2.25. The molecule has 0 aliphatic carbocycles. The molecule has 3 heterocycles. The number of aliphatic hydroxyl groups is 2.